The molecule has 2 aromatic rings. The first-order valence-corrected chi connectivity index (χ1v) is 9.47. The van der Waals surface area contributed by atoms with Crippen molar-refractivity contribution in [3.8, 4) is 0 Å². The number of anilines is 1. The molecule has 0 bridgehead atoms. The summed E-state index contributed by atoms with van der Waals surface area (Å²) in [5.41, 5.74) is 0.952. The fourth-order valence-electron chi connectivity index (χ4n) is 2.10. The minimum Gasteiger partial charge on any atom is -0.460 e. The van der Waals surface area contributed by atoms with Crippen LogP contribution in [0.5, 0.6) is 0 Å². The second-order valence-electron chi connectivity index (χ2n) is 5.43. The van der Waals surface area contributed by atoms with Crippen LogP contribution in [0.2, 0.25) is 0 Å². The van der Waals surface area contributed by atoms with Gasteiger partial charge in [0.15, 0.2) is 4.34 Å². The fraction of sp³-hybridized carbons (Fsp3) is 0.375. The predicted molar refractivity (Wildman–Crippen MR) is 92.8 cm³/mol. The van der Waals surface area contributed by atoms with Gasteiger partial charge >= 0.3 is 5.97 Å². The second-order valence-corrected chi connectivity index (χ2v) is 7.63. The van der Waals surface area contributed by atoms with E-state index in [1.54, 1.807) is 0 Å². The van der Waals surface area contributed by atoms with Crippen molar-refractivity contribution in [2.24, 2.45) is 5.92 Å². The van der Waals surface area contributed by atoms with Gasteiger partial charge in [-0.1, -0.05) is 59.9 Å². The van der Waals surface area contributed by atoms with Crippen molar-refractivity contribution in [2.45, 2.75) is 30.2 Å². The van der Waals surface area contributed by atoms with Crippen LogP contribution in [0.25, 0.3) is 0 Å². The number of aromatic nitrogens is 2. The first-order chi connectivity index (χ1) is 11.7. The minimum atomic E-state index is -0.306. The van der Waals surface area contributed by atoms with Gasteiger partial charge in [-0.05, 0) is 18.4 Å². The lowest BCUT2D eigenvalue weighted by Crippen LogP contribution is -2.27. The number of amides is 1. The first-order valence-electron chi connectivity index (χ1n) is 7.67. The number of rotatable bonds is 7. The Labute approximate surface area is 148 Å². The molecule has 1 aliphatic rings. The van der Waals surface area contributed by atoms with Gasteiger partial charge in [-0.25, -0.2) is 0 Å². The molecule has 0 aliphatic heterocycles. The summed E-state index contributed by atoms with van der Waals surface area (Å²) in [5, 5.41) is 11.2. The normalized spacial score (nSPS) is 14.0. The van der Waals surface area contributed by atoms with Gasteiger partial charge < -0.3 is 10.1 Å². The molecule has 1 fully saturated rings. The minimum absolute atomic E-state index is 0.0104. The Hall–Kier alpha value is -1.93. The predicted octanol–water partition coefficient (Wildman–Crippen LogP) is 3.11. The summed E-state index contributed by atoms with van der Waals surface area (Å²) >= 11 is 2.53. The first kappa shape index (κ1) is 16.9. The van der Waals surface area contributed by atoms with E-state index in [1.807, 2.05) is 30.3 Å². The summed E-state index contributed by atoms with van der Waals surface area (Å²) in [6.07, 6.45) is 3.00. The lowest BCUT2D eigenvalue weighted by Gasteiger charge is -2.23. The highest BCUT2D eigenvalue weighted by molar-refractivity contribution is 8.01. The Kier molecular flexibility index (Phi) is 5.81. The van der Waals surface area contributed by atoms with E-state index < -0.39 is 0 Å². The van der Waals surface area contributed by atoms with Crippen LogP contribution >= 0.6 is 23.1 Å². The van der Waals surface area contributed by atoms with Gasteiger partial charge in [-0.15, -0.1) is 10.2 Å². The summed E-state index contributed by atoms with van der Waals surface area (Å²) in [5.74, 6) is -0.0220. The highest BCUT2D eigenvalue weighted by Gasteiger charge is 2.26. The summed E-state index contributed by atoms with van der Waals surface area (Å²) in [6, 6.07) is 9.53. The van der Waals surface area contributed by atoms with Crippen molar-refractivity contribution < 1.29 is 14.3 Å². The standard InChI is InChI=1S/C16H17N3O3S2/c20-13(22-9-11-5-2-1-3-6-11)10-23-16-19-18-15(24-16)17-14(21)12-7-4-8-12/h1-3,5-6,12H,4,7-10H2,(H,17,18,21). The zero-order valence-corrected chi connectivity index (χ0v) is 14.6. The van der Waals surface area contributed by atoms with E-state index in [1.165, 1.54) is 23.1 Å². The molecule has 3 rings (SSSR count). The molecule has 0 spiro atoms. The number of esters is 1. The van der Waals surface area contributed by atoms with Crippen molar-refractivity contribution in [1.29, 1.82) is 0 Å². The van der Waals surface area contributed by atoms with Crippen LogP contribution < -0.4 is 5.32 Å². The van der Waals surface area contributed by atoms with E-state index in [0.29, 0.717) is 9.47 Å². The average Bonchev–Trinajstić information content (AvgIpc) is 2.97. The number of ether oxygens (including phenoxy) is 1. The van der Waals surface area contributed by atoms with E-state index >= 15 is 0 Å². The largest absolute Gasteiger partial charge is 0.460 e. The van der Waals surface area contributed by atoms with Gasteiger partial charge in [0.05, 0.1) is 5.75 Å². The zero-order valence-electron chi connectivity index (χ0n) is 12.9. The van der Waals surface area contributed by atoms with Gasteiger partial charge in [-0.3, -0.25) is 9.59 Å². The zero-order chi connectivity index (χ0) is 16.8. The van der Waals surface area contributed by atoms with Gasteiger partial charge in [-0.2, -0.15) is 0 Å². The van der Waals surface area contributed by atoms with Gasteiger partial charge in [0, 0.05) is 5.92 Å². The highest BCUT2D eigenvalue weighted by Crippen LogP contribution is 2.30. The highest BCUT2D eigenvalue weighted by atomic mass is 32.2. The fourth-order valence-corrected chi connectivity index (χ4v) is 3.65. The number of thioether (sulfide) groups is 1. The molecule has 0 atom stereocenters. The quantitative estimate of drug-likeness (QED) is 0.462. The number of hydrogen-bond acceptors (Lipinski definition) is 7. The molecule has 8 heteroatoms. The molecule has 1 aromatic carbocycles. The molecular formula is C16H17N3O3S2. The SMILES string of the molecule is O=C(CSc1nnc(NC(=O)C2CCC2)s1)OCc1ccccc1. The molecule has 6 nitrogen and oxygen atoms in total. The van der Waals surface area contributed by atoms with E-state index in [4.69, 9.17) is 4.74 Å². The summed E-state index contributed by atoms with van der Waals surface area (Å²) in [6.45, 7) is 0.263. The van der Waals surface area contributed by atoms with Crippen LogP contribution in [0.3, 0.4) is 0 Å². The van der Waals surface area contributed by atoms with Crippen LogP contribution in [-0.2, 0) is 20.9 Å². The Morgan fingerprint density at radius 2 is 2.04 bits per heavy atom. The molecule has 1 heterocycles. The molecule has 0 unspecified atom stereocenters. The Balaban J connectivity index is 1.40. The van der Waals surface area contributed by atoms with E-state index in [2.05, 4.69) is 15.5 Å². The summed E-state index contributed by atoms with van der Waals surface area (Å²) in [7, 11) is 0. The second kappa shape index (κ2) is 8.25. The molecule has 1 aromatic heterocycles. The average molecular weight is 363 g/mol. The Bertz CT molecular complexity index is 702. The smallest absolute Gasteiger partial charge is 0.316 e. The maximum Gasteiger partial charge on any atom is 0.316 e. The number of hydrogen-bond donors (Lipinski definition) is 1. The molecule has 0 saturated heterocycles. The van der Waals surface area contributed by atoms with Gasteiger partial charge in [0.2, 0.25) is 11.0 Å². The molecule has 126 valence electrons. The van der Waals surface area contributed by atoms with Crippen LogP contribution in [0.15, 0.2) is 34.7 Å². The van der Waals surface area contributed by atoms with Crippen molar-refractivity contribution >= 4 is 40.1 Å². The van der Waals surface area contributed by atoms with Crippen LogP contribution in [0.4, 0.5) is 5.13 Å². The van der Waals surface area contributed by atoms with Crippen molar-refractivity contribution in [1.82, 2.24) is 10.2 Å². The number of carbonyl (C=O) groups is 2. The number of carbonyl (C=O) groups excluding carboxylic acids is 2. The molecule has 1 saturated carbocycles. The topological polar surface area (TPSA) is 81.2 Å². The maximum atomic E-state index is 11.8. The van der Waals surface area contributed by atoms with Crippen molar-refractivity contribution in [3.05, 3.63) is 35.9 Å². The number of nitrogens with zero attached hydrogens (tertiary/aromatic N) is 2. The van der Waals surface area contributed by atoms with E-state index in [0.717, 1.165) is 24.8 Å². The van der Waals surface area contributed by atoms with E-state index in [-0.39, 0.29) is 30.2 Å². The van der Waals surface area contributed by atoms with E-state index in [9.17, 15) is 9.59 Å². The molecule has 1 amide bonds. The molecular weight excluding hydrogens is 346 g/mol. The summed E-state index contributed by atoms with van der Waals surface area (Å²) < 4.78 is 5.84. The summed E-state index contributed by atoms with van der Waals surface area (Å²) in [4.78, 5) is 23.6. The van der Waals surface area contributed by atoms with Crippen LogP contribution in [0, 0.1) is 5.92 Å². The van der Waals surface area contributed by atoms with Crippen LogP contribution in [0.1, 0.15) is 24.8 Å². The van der Waals surface area contributed by atoms with Crippen LogP contribution in [-0.4, -0.2) is 27.8 Å². The number of nitrogens with one attached hydrogen (secondary N) is 1. The third-order valence-corrected chi connectivity index (χ3v) is 5.61. The lowest BCUT2D eigenvalue weighted by molar-refractivity contribution is -0.141. The van der Waals surface area contributed by atoms with Crippen molar-refractivity contribution in [2.75, 3.05) is 11.1 Å². The molecule has 0 radical (unpaired) electrons. The number of benzene rings is 1. The third-order valence-electron chi connectivity index (χ3n) is 3.67. The van der Waals surface area contributed by atoms with Gasteiger partial charge in [0.25, 0.3) is 0 Å². The molecule has 24 heavy (non-hydrogen) atoms. The lowest BCUT2D eigenvalue weighted by atomic mass is 9.85. The molecule has 1 aliphatic carbocycles. The third kappa shape index (κ3) is 4.78. The Morgan fingerprint density at radius 1 is 1.25 bits per heavy atom. The van der Waals surface area contributed by atoms with Gasteiger partial charge in [0.1, 0.15) is 6.61 Å². The Morgan fingerprint density at radius 3 is 2.75 bits per heavy atom. The van der Waals surface area contributed by atoms with Crippen molar-refractivity contribution in [3.63, 3.8) is 0 Å². The monoisotopic (exact) mass is 363 g/mol. The maximum absolute atomic E-state index is 11.8. The molecule has 1 N–H and O–H groups in total.